The van der Waals surface area contributed by atoms with Crippen molar-refractivity contribution in [2.45, 2.75) is 32.4 Å². The van der Waals surface area contributed by atoms with Gasteiger partial charge in [-0.1, -0.05) is 5.16 Å². The normalized spacial score (nSPS) is 22.0. The van der Waals surface area contributed by atoms with Crippen LogP contribution in [0.4, 0.5) is 0 Å². The van der Waals surface area contributed by atoms with Crippen molar-refractivity contribution in [1.29, 1.82) is 0 Å². The zero-order valence-electron chi connectivity index (χ0n) is 12.7. The Hall–Kier alpha value is -0.890. The molecule has 22 heavy (non-hydrogen) atoms. The van der Waals surface area contributed by atoms with Crippen LogP contribution in [-0.4, -0.2) is 64.6 Å². The zero-order chi connectivity index (χ0) is 13.9. The highest BCUT2D eigenvalue weighted by Crippen LogP contribution is 2.12. The number of hydrogen-bond acceptors (Lipinski definition) is 6. The number of carbonyl (C=O) groups is 1. The maximum atomic E-state index is 12.3. The summed E-state index contributed by atoms with van der Waals surface area (Å²) in [6, 6.07) is 0.0430. The van der Waals surface area contributed by atoms with Crippen molar-refractivity contribution >= 4 is 30.7 Å². The fraction of sp³-hybridized carbons (Fsp3) is 0.769. The van der Waals surface area contributed by atoms with E-state index in [1.54, 1.807) is 6.92 Å². The third kappa shape index (κ3) is 4.55. The number of nitrogens with one attached hydrogen (secondary N) is 1. The van der Waals surface area contributed by atoms with Gasteiger partial charge in [0.25, 0.3) is 0 Å². The van der Waals surface area contributed by atoms with E-state index < -0.39 is 0 Å². The van der Waals surface area contributed by atoms with E-state index in [-0.39, 0.29) is 36.8 Å². The summed E-state index contributed by atoms with van der Waals surface area (Å²) in [5, 5.41) is 7.18. The Morgan fingerprint density at radius 3 is 2.59 bits per heavy atom. The molecular formula is C13H23Cl2N5O2. The number of aromatic nitrogens is 2. The van der Waals surface area contributed by atoms with E-state index in [1.165, 1.54) is 0 Å². The average Bonchev–Trinajstić information content (AvgIpc) is 3.11. The van der Waals surface area contributed by atoms with Gasteiger partial charge >= 0.3 is 0 Å². The third-order valence-electron chi connectivity index (χ3n) is 3.98. The van der Waals surface area contributed by atoms with Crippen molar-refractivity contribution in [2.75, 3.05) is 32.7 Å². The molecule has 126 valence electrons. The number of halogens is 2. The topological polar surface area (TPSA) is 74.5 Å². The van der Waals surface area contributed by atoms with Crippen molar-refractivity contribution in [3.8, 4) is 0 Å². The van der Waals surface area contributed by atoms with Crippen LogP contribution in [0.2, 0.25) is 0 Å². The van der Waals surface area contributed by atoms with Gasteiger partial charge in [0.05, 0.1) is 12.6 Å². The zero-order valence-corrected chi connectivity index (χ0v) is 14.3. The Morgan fingerprint density at radius 1 is 1.32 bits per heavy atom. The van der Waals surface area contributed by atoms with Crippen LogP contribution in [0.3, 0.4) is 0 Å². The number of piperazine rings is 1. The Kier molecular flexibility index (Phi) is 7.55. The second-order valence-corrected chi connectivity index (χ2v) is 5.48. The van der Waals surface area contributed by atoms with Gasteiger partial charge in [-0.05, 0) is 19.4 Å². The standard InChI is InChI=1S/C13H21N5O2.2ClH/c1-10-15-12(16-20-10)9-17-5-7-18(8-6-17)13(19)11-3-2-4-14-11;;/h11,14H,2-9H2,1H3;2*1H/t11-;;/m0../s1. The molecule has 1 aromatic heterocycles. The van der Waals surface area contributed by atoms with Gasteiger partial charge in [-0.15, -0.1) is 24.8 Å². The van der Waals surface area contributed by atoms with E-state index in [2.05, 4.69) is 20.4 Å². The summed E-state index contributed by atoms with van der Waals surface area (Å²) in [6.07, 6.45) is 2.08. The first kappa shape index (κ1) is 19.2. The fourth-order valence-corrected chi connectivity index (χ4v) is 2.85. The van der Waals surface area contributed by atoms with Gasteiger partial charge in [-0.25, -0.2) is 0 Å². The van der Waals surface area contributed by atoms with Gasteiger partial charge in [-0.3, -0.25) is 9.69 Å². The quantitative estimate of drug-likeness (QED) is 0.860. The maximum Gasteiger partial charge on any atom is 0.239 e. The summed E-state index contributed by atoms with van der Waals surface area (Å²) >= 11 is 0. The molecule has 1 atom stereocenters. The molecule has 1 N–H and O–H groups in total. The number of carbonyl (C=O) groups excluding carboxylic acids is 1. The lowest BCUT2D eigenvalue weighted by atomic mass is 10.2. The average molecular weight is 352 g/mol. The Bertz CT molecular complexity index is 471. The van der Waals surface area contributed by atoms with E-state index in [0.29, 0.717) is 12.4 Å². The highest BCUT2D eigenvalue weighted by molar-refractivity contribution is 5.85. The first-order valence-corrected chi connectivity index (χ1v) is 7.26. The van der Waals surface area contributed by atoms with Crippen LogP contribution >= 0.6 is 24.8 Å². The molecule has 0 aliphatic carbocycles. The molecule has 1 amide bonds. The summed E-state index contributed by atoms with van der Waals surface area (Å²) in [4.78, 5) is 20.7. The van der Waals surface area contributed by atoms with E-state index in [9.17, 15) is 4.79 Å². The molecule has 0 spiro atoms. The number of hydrogen-bond donors (Lipinski definition) is 1. The molecule has 0 unspecified atom stereocenters. The van der Waals surface area contributed by atoms with Crippen LogP contribution in [0, 0.1) is 6.92 Å². The van der Waals surface area contributed by atoms with E-state index in [0.717, 1.165) is 51.4 Å². The van der Waals surface area contributed by atoms with Gasteiger partial charge in [0.15, 0.2) is 5.82 Å². The Morgan fingerprint density at radius 2 is 2.05 bits per heavy atom. The highest BCUT2D eigenvalue weighted by atomic mass is 35.5. The second-order valence-electron chi connectivity index (χ2n) is 5.48. The Balaban J connectivity index is 0.00000121. The molecule has 0 bridgehead atoms. The minimum atomic E-state index is 0. The predicted octanol–water partition coefficient (Wildman–Crippen LogP) is 0.618. The van der Waals surface area contributed by atoms with E-state index in [4.69, 9.17) is 4.52 Å². The van der Waals surface area contributed by atoms with Gasteiger partial charge < -0.3 is 14.7 Å². The molecule has 3 heterocycles. The molecule has 0 radical (unpaired) electrons. The lowest BCUT2D eigenvalue weighted by Gasteiger charge is -2.35. The highest BCUT2D eigenvalue weighted by Gasteiger charge is 2.29. The lowest BCUT2D eigenvalue weighted by Crippen LogP contribution is -2.52. The number of rotatable bonds is 3. The molecule has 0 saturated carbocycles. The summed E-state index contributed by atoms with van der Waals surface area (Å²) in [6.45, 7) is 6.76. The summed E-state index contributed by atoms with van der Waals surface area (Å²) in [7, 11) is 0. The van der Waals surface area contributed by atoms with Gasteiger partial charge in [0, 0.05) is 33.1 Å². The first-order chi connectivity index (χ1) is 9.72. The number of aryl methyl sites for hydroxylation is 1. The second kappa shape index (κ2) is 8.67. The molecule has 2 fully saturated rings. The van der Waals surface area contributed by atoms with Crippen LogP contribution in [0.25, 0.3) is 0 Å². The predicted molar refractivity (Wildman–Crippen MR) is 86.4 cm³/mol. The third-order valence-corrected chi connectivity index (χ3v) is 3.98. The number of nitrogens with zero attached hydrogens (tertiary/aromatic N) is 4. The van der Waals surface area contributed by atoms with Crippen molar-refractivity contribution in [1.82, 2.24) is 25.3 Å². The molecule has 2 aliphatic rings. The molecule has 3 rings (SSSR count). The van der Waals surface area contributed by atoms with Crippen LogP contribution in [0.5, 0.6) is 0 Å². The summed E-state index contributed by atoms with van der Waals surface area (Å²) in [5.41, 5.74) is 0. The van der Waals surface area contributed by atoms with Crippen molar-refractivity contribution < 1.29 is 9.32 Å². The summed E-state index contributed by atoms with van der Waals surface area (Å²) < 4.78 is 4.97. The molecule has 1 aromatic rings. The Labute approximate surface area is 142 Å². The van der Waals surface area contributed by atoms with Gasteiger partial charge in [0.2, 0.25) is 11.8 Å². The molecule has 2 aliphatic heterocycles. The van der Waals surface area contributed by atoms with E-state index >= 15 is 0 Å². The van der Waals surface area contributed by atoms with Crippen molar-refractivity contribution in [2.24, 2.45) is 0 Å². The molecule has 7 nitrogen and oxygen atoms in total. The molecular weight excluding hydrogens is 329 g/mol. The van der Waals surface area contributed by atoms with Crippen LogP contribution in [0.15, 0.2) is 4.52 Å². The van der Waals surface area contributed by atoms with Gasteiger partial charge in [-0.2, -0.15) is 4.98 Å². The largest absolute Gasteiger partial charge is 0.340 e. The minimum absolute atomic E-state index is 0. The van der Waals surface area contributed by atoms with Crippen LogP contribution < -0.4 is 5.32 Å². The molecule has 2 saturated heterocycles. The first-order valence-electron chi connectivity index (χ1n) is 7.26. The lowest BCUT2D eigenvalue weighted by molar-refractivity contribution is -0.134. The van der Waals surface area contributed by atoms with Crippen molar-refractivity contribution in [3.63, 3.8) is 0 Å². The number of amides is 1. The maximum absolute atomic E-state index is 12.3. The smallest absolute Gasteiger partial charge is 0.239 e. The summed E-state index contributed by atoms with van der Waals surface area (Å²) in [5.74, 6) is 1.58. The molecule has 0 aromatic carbocycles. The minimum Gasteiger partial charge on any atom is -0.340 e. The monoisotopic (exact) mass is 351 g/mol. The van der Waals surface area contributed by atoms with Crippen LogP contribution in [-0.2, 0) is 11.3 Å². The van der Waals surface area contributed by atoms with Crippen molar-refractivity contribution in [3.05, 3.63) is 11.7 Å². The van der Waals surface area contributed by atoms with Gasteiger partial charge in [0.1, 0.15) is 0 Å². The van der Waals surface area contributed by atoms with E-state index in [1.807, 2.05) is 4.90 Å². The SMILES string of the molecule is Cc1nc(CN2CCN(C(=O)[C@@H]3CCCN3)CC2)no1.Cl.Cl. The van der Waals surface area contributed by atoms with Crippen LogP contribution in [0.1, 0.15) is 24.6 Å². The molecule has 9 heteroatoms. The fourth-order valence-electron chi connectivity index (χ4n) is 2.85.